The number of ether oxygens (including phenoxy) is 3. The Morgan fingerprint density at radius 3 is 2.54 bits per heavy atom. The third kappa shape index (κ3) is 3.20. The van der Waals surface area contributed by atoms with Gasteiger partial charge in [-0.2, -0.15) is 0 Å². The molecular formula is C21H20N2O5. The van der Waals surface area contributed by atoms with Crippen LogP contribution >= 0.6 is 0 Å². The van der Waals surface area contributed by atoms with Gasteiger partial charge in [-0.3, -0.25) is 14.5 Å². The van der Waals surface area contributed by atoms with Crippen LogP contribution in [0.25, 0.3) is 5.57 Å². The van der Waals surface area contributed by atoms with Crippen molar-refractivity contribution in [3.8, 4) is 11.5 Å². The molecule has 4 rings (SSSR count). The summed E-state index contributed by atoms with van der Waals surface area (Å²) >= 11 is 0. The van der Waals surface area contributed by atoms with Crippen molar-refractivity contribution in [3.05, 3.63) is 59.3 Å². The largest absolute Gasteiger partial charge is 0.454 e. The Hall–Kier alpha value is -3.32. The van der Waals surface area contributed by atoms with E-state index in [1.165, 1.54) is 12.0 Å². The van der Waals surface area contributed by atoms with Crippen molar-refractivity contribution in [2.75, 3.05) is 32.4 Å². The third-order valence-electron chi connectivity index (χ3n) is 4.67. The van der Waals surface area contributed by atoms with E-state index < -0.39 is 0 Å². The normalized spacial score (nSPS) is 15.6. The Morgan fingerprint density at radius 1 is 1.04 bits per heavy atom. The first-order valence-corrected chi connectivity index (χ1v) is 8.91. The summed E-state index contributed by atoms with van der Waals surface area (Å²) in [5, 5.41) is 3.11. The summed E-state index contributed by atoms with van der Waals surface area (Å²) in [5.74, 6) is 0.522. The molecule has 2 amide bonds. The van der Waals surface area contributed by atoms with Gasteiger partial charge in [-0.25, -0.2) is 0 Å². The van der Waals surface area contributed by atoms with E-state index in [1.807, 2.05) is 31.2 Å². The Balaban J connectivity index is 1.72. The second-order valence-corrected chi connectivity index (χ2v) is 6.56. The van der Waals surface area contributed by atoms with E-state index >= 15 is 0 Å². The molecule has 2 aliphatic heterocycles. The number of carbonyl (C=O) groups excluding carboxylic acids is 2. The highest BCUT2D eigenvalue weighted by atomic mass is 16.7. The van der Waals surface area contributed by atoms with E-state index in [4.69, 9.17) is 14.2 Å². The number of carbonyl (C=O) groups is 2. The Kier molecular flexibility index (Phi) is 4.75. The SMILES string of the molecule is COCCN1C(=O)C(Nc2ccc3c(c2)OCO3)=C(c2ccc(C)cc2)C1=O. The van der Waals surface area contributed by atoms with Gasteiger partial charge in [-0.1, -0.05) is 29.8 Å². The molecule has 2 aromatic rings. The maximum Gasteiger partial charge on any atom is 0.278 e. The van der Waals surface area contributed by atoms with Crippen LogP contribution < -0.4 is 14.8 Å². The molecule has 2 aromatic carbocycles. The number of nitrogens with one attached hydrogen (secondary N) is 1. The molecule has 0 aromatic heterocycles. The number of rotatable bonds is 6. The van der Waals surface area contributed by atoms with Crippen molar-refractivity contribution in [3.63, 3.8) is 0 Å². The van der Waals surface area contributed by atoms with E-state index in [0.29, 0.717) is 28.3 Å². The lowest BCUT2D eigenvalue weighted by atomic mass is 10.0. The van der Waals surface area contributed by atoms with Gasteiger partial charge in [0.15, 0.2) is 11.5 Å². The van der Waals surface area contributed by atoms with E-state index in [9.17, 15) is 9.59 Å². The molecule has 0 saturated carbocycles. The minimum atomic E-state index is -0.379. The molecule has 144 valence electrons. The number of hydrogen-bond acceptors (Lipinski definition) is 6. The topological polar surface area (TPSA) is 77.1 Å². The molecule has 2 heterocycles. The van der Waals surface area contributed by atoms with E-state index in [1.54, 1.807) is 18.2 Å². The van der Waals surface area contributed by atoms with Crippen molar-refractivity contribution in [2.24, 2.45) is 0 Å². The fraction of sp³-hybridized carbons (Fsp3) is 0.238. The van der Waals surface area contributed by atoms with Crippen molar-refractivity contribution in [2.45, 2.75) is 6.92 Å². The van der Waals surface area contributed by atoms with Crippen molar-refractivity contribution in [1.29, 1.82) is 0 Å². The molecule has 0 unspecified atom stereocenters. The maximum atomic E-state index is 13.0. The molecule has 7 heteroatoms. The minimum Gasteiger partial charge on any atom is -0.454 e. The van der Waals surface area contributed by atoms with Crippen LogP contribution in [0.1, 0.15) is 11.1 Å². The van der Waals surface area contributed by atoms with Crippen molar-refractivity contribution in [1.82, 2.24) is 4.90 Å². The first-order valence-electron chi connectivity index (χ1n) is 8.91. The number of imide groups is 1. The third-order valence-corrected chi connectivity index (χ3v) is 4.67. The van der Waals surface area contributed by atoms with Crippen LogP contribution in [0.5, 0.6) is 11.5 Å². The number of benzene rings is 2. The number of methoxy groups -OCH3 is 1. The Labute approximate surface area is 162 Å². The number of anilines is 1. The zero-order valence-corrected chi connectivity index (χ0v) is 15.7. The lowest BCUT2D eigenvalue weighted by molar-refractivity contribution is -0.137. The number of fused-ring (bicyclic) bond motifs is 1. The predicted molar refractivity (Wildman–Crippen MR) is 103 cm³/mol. The zero-order valence-electron chi connectivity index (χ0n) is 15.7. The lowest BCUT2D eigenvalue weighted by Crippen LogP contribution is -2.35. The fourth-order valence-electron chi connectivity index (χ4n) is 3.18. The van der Waals surface area contributed by atoms with Crippen LogP contribution in [0, 0.1) is 6.92 Å². The number of amides is 2. The summed E-state index contributed by atoms with van der Waals surface area (Å²) in [6.07, 6.45) is 0. The number of hydrogen-bond donors (Lipinski definition) is 1. The van der Waals surface area contributed by atoms with Crippen LogP contribution in [0.15, 0.2) is 48.2 Å². The monoisotopic (exact) mass is 380 g/mol. The summed E-state index contributed by atoms with van der Waals surface area (Å²) in [6.45, 7) is 2.60. The highest BCUT2D eigenvalue weighted by molar-refractivity contribution is 6.36. The second kappa shape index (κ2) is 7.36. The maximum absolute atomic E-state index is 13.0. The van der Waals surface area contributed by atoms with Crippen LogP contribution in [0.2, 0.25) is 0 Å². The summed E-state index contributed by atoms with van der Waals surface area (Å²) < 4.78 is 15.8. The quantitative estimate of drug-likeness (QED) is 0.776. The zero-order chi connectivity index (χ0) is 19.7. The highest BCUT2D eigenvalue weighted by Crippen LogP contribution is 2.36. The molecule has 0 spiro atoms. The summed E-state index contributed by atoms with van der Waals surface area (Å²) in [5.41, 5.74) is 2.98. The lowest BCUT2D eigenvalue weighted by Gasteiger charge is -2.14. The van der Waals surface area contributed by atoms with E-state index in [-0.39, 0.29) is 37.5 Å². The van der Waals surface area contributed by atoms with E-state index in [0.717, 1.165) is 5.56 Å². The molecule has 28 heavy (non-hydrogen) atoms. The molecule has 2 aliphatic rings. The Morgan fingerprint density at radius 2 is 1.79 bits per heavy atom. The minimum absolute atomic E-state index is 0.165. The van der Waals surface area contributed by atoms with Crippen LogP contribution in [-0.2, 0) is 14.3 Å². The summed E-state index contributed by atoms with van der Waals surface area (Å²) in [7, 11) is 1.53. The van der Waals surface area contributed by atoms with Gasteiger partial charge in [0.05, 0.1) is 18.7 Å². The molecule has 0 atom stereocenters. The van der Waals surface area contributed by atoms with Gasteiger partial charge in [-0.05, 0) is 24.6 Å². The van der Waals surface area contributed by atoms with Crippen molar-refractivity contribution < 1.29 is 23.8 Å². The molecule has 0 bridgehead atoms. The standard InChI is InChI=1S/C21H20N2O5/c1-13-3-5-14(6-4-13)18-19(21(25)23(20(18)24)9-10-26-2)22-15-7-8-16-17(11-15)28-12-27-16/h3-8,11,22H,9-10,12H2,1-2H3. The first kappa shape index (κ1) is 18.1. The van der Waals surface area contributed by atoms with Crippen LogP contribution in [0.3, 0.4) is 0 Å². The molecule has 0 fully saturated rings. The van der Waals surface area contributed by atoms with Crippen LogP contribution in [0.4, 0.5) is 5.69 Å². The van der Waals surface area contributed by atoms with Gasteiger partial charge < -0.3 is 19.5 Å². The van der Waals surface area contributed by atoms with Gasteiger partial charge in [0, 0.05) is 18.9 Å². The van der Waals surface area contributed by atoms with Gasteiger partial charge in [0.25, 0.3) is 11.8 Å². The highest BCUT2D eigenvalue weighted by Gasteiger charge is 2.39. The molecule has 0 saturated heterocycles. The Bertz CT molecular complexity index is 965. The molecule has 1 N–H and O–H groups in total. The van der Waals surface area contributed by atoms with E-state index in [2.05, 4.69) is 5.32 Å². The fourth-order valence-corrected chi connectivity index (χ4v) is 3.18. The van der Waals surface area contributed by atoms with Crippen LogP contribution in [-0.4, -0.2) is 43.8 Å². The average molecular weight is 380 g/mol. The molecule has 0 radical (unpaired) electrons. The summed E-state index contributed by atoms with van der Waals surface area (Å²) in [6, 6.07) is 12.8. The van der Waals surface area contributed by atoms with Gasteiger partial charge in [0.1, 0.15) is 5.70 Å². The number of aryl methyl sites for hydroxylation is 1. The molecule has 7 nitrogen and oxygen atoms in total. The van der Waals surface area contributed by atoms with Gasteiger partial charge in [-0.15, -0.1) is 0 Å². The smallest absolute Gasteiger partial charge is 0.278 e. The molecular weight excluding hydrogens is 360 g/mol. The van der Waals surface area contributed by atoms with Gasteiger partial charge in [0.2, 0.25) is 6.79 Å². The number of nitrogens with zero attached hydrogens (tertiary/aromatic N) is 1. The van der Waals surface area contributed by atoms with Crippen molar-refractivity contribution >= 4 is 23.1 Å². The molecule has 0 aliphatic carbocycles. The summed E-state index contributed by atoms with van der Waals surface area (Å²) in [4.78, 5) is 27.2. The average Bonchev–Trinajstić information content (AvgIpc) is 3.24. The second-order valence-electron chi connectivity index (χ2n) is 6.56. The first-order chi connectivity index (χ1) is 13.6. The van der Waals surface area contributed by atoms with Gasteiger partial charge >= 0.3 is 0 Å². The predicted octanol–water partition coefficient (Wildman–Crippen LogP) is 2.56.